The topological polar surface area (TPSA) is 15.3 Å². The van der Waals surface area contributed by atoms with Crippen molar-refractivity contribution in [2.24, 2.45) is 11.8 Å². The van der Waals surface area contributed by atoms with Gasteiger partial charge in [-0.2, -0.15) is 0 Å². The first-order valence-electron chi connectivity index (χ1n) is 9.62. The van der Waals surface area contributed by atoms with Gasteiger partial charge >= 0.3 is 0 Å². The molecule has 2 aliphatic rings. The quantitative estimate of drug-likeness (QED) is 0.676. The molecular weight excluding hydrogens is 256 g/mol. The Morgan fingerprint density at radius 2 is 1.95 bits per heavy atom. The lowest BCUT2D eigenvalue weighted by Crippen LogP contribution is -2.64. The zero-order chi connectivity index (χ0) is 15.3. The minimum Gasteiger partial charge on any atom is -0.308 e. The summed E-state index contributed by atoms with van der Waals surface area (Å²) in [5, 5.41) is 3.92. The molecule has 3 atom stereocenters. The second-order valence-electron chi connectivity index (χ2n) is 7.86. The fourth-order valence-corrected chi connectivity index (χ4v) is 4.16. The summed E-state index contributed by atoms with van der Waals surface area (Å²) >= 11 is 0. The van der Waals surface area contributed by atoms with Crippen LogP contribution in [0, 0.1) is 11.8 Å². The molecule has 2 nitrogen and oxygen atoms in total. The predicted octanol–water partition coefficient (Wildman–Crippen LogP) is 4.45. The second kappa shape index (κ2) is 7.97. The van der Waals surface area contributed by atoms with Crippen LogP contribution in [0.3, 0.4) is 0 Å². The standard InChI is InChI=1S/C19H38N2/c1-5-8-10-16(7-3)14-21-15-19(4,17-11-12-17)20-13-18(21)9-6-2/h16-18,20H,5-15H2,1-4H3. The van der Waals surface area contributed by atoms with Gasteiger partial charge in [-0.1, -0.05) is 46.5 Å². The molecule has 0 radical (unpaired) electrons. The number of piperazine rings is 1. The molecule has 3 unspecified atom stereocenters. The van der Waals surface area contributed by atoms with Crippen LogP contribution in [0.25, 0.3) is 0 Å². The van der Waals surface area contributed by atoms with Gasteiger partial charge in [-0.05, 0) is 44.4 Å². The minimum absolute atomic E-state index is 0.396. The van der Waals surface area contributed by atoms with E-state index in [0.29, 0.717) is 5.54 Å². The Hall–Kier alpha value is -0.0800. The maximum Gasteiger partial charge on any atom is 0.0309 e. The van der Waals surface area contributed by atoms with Crippen LogP contribution in [0.1, 0.15) is 79.1 Å². The Morgan fingerprint density at radius 1 is 1.19 bits per heavy atom. The van der Waals surface area contributed by atoms with Crippen LogP contribution in [0.5, 0.6) is 0 Å². The van der Waals surface area contributed by atoms with Crippen molar-refractivity contribution in [3.8, 4) is 0 Å². The summed E-state index contributed by atoms with van der Waals surface area (Å²) in [6, 6.07) is 0.775. The monoisotopic (exact) mass is 294 g/mol. The molecule has 2 fully saturated rings. The smallest absolute Gasteiger partial charge is 0.0309 e. The molecule has 1 N–H and O–H groups in total. The summed E-state index contributed by atoms with van der Waals surface area (Å²) in [5.74, 6) is 1.85. The molecule has 21 heavy (non-hydrogen) atoms. The van der Waals surface area contributed by atoms with Gasteiger partial charge in [-0.3, -0.25) is 4.90 Å². The molecule has 1 saturated heterocycles. The number of nitrogens with one attached hydrogen (secondary N) is 1. The third kappa shape index (κ3) is 4.69. The van der Waals surface area contributed by atoms with Gasteiger partial charge in [0.1, 0.15) is 0 Å². The average Bonchev–Trinajstić information content (AvgIpc) is 3.31. The van der Waals surface area contributed by atoms with Gasteiger partial charge in [0.2, 0.25) is 0 Å². The van der Waals surface area contributed by atoms with E-state index in [1.165, 1.54) is 71.0 Å². The zero-order valence-corrected chi connectivity index (χ0v) is 15.0. The van der Waals surface area contributed by atoms with Crippen molar-refractivity contribution in [1.29, 1.82) is 0 Å². The number of rotatable bonds is 9. The van der Waals surface area contributed by atoms with Crippen LogP contribution in [0.2, 0.25) is 0 Å². The first-order chi connectivity index (χ1) is 10.1. The molecule has 0 spiro atoms. The summed E-state index contributed by atoms with van der Waals surface area (Å²) in [7, 11) is 0. The molecule has 0 amide bonds. The van der Waals surface area contributed by atoms with Crippen LogP contribution >= 0.6 is 0 Å². The highest BCUT2D eigenvalue weighted by Crippen LogP contribution is 2.41. The van der Waals surface area contributed by atoms with E-state index in [1.54, 1.807) is 0 Å². The largest absolute Gasteiger partial charge is 0.308 e. The molecule has 0 aromatic rings. The lowest BCUT2D eigenvalue weighted by Gasteiger charge is -2.48. The molecule has 2 rings (SSSR count). The Kier molecular flexibility index (Phi) is 6.55. The zero-order valence-electron chi connectivity index (χ0n) is 15.0. The minimum atomic E-state index is 0.396. The van der Waals surface area contributed by atoms with Gasteiger partial charge < -0.3 is 5.32 Å². The summed E-state index contributed by atoms with van der Waals surface area (Å²) < 4.78 is 0. The van der Waals surface area contributed by atoms with E-state index in [4.69, 9.17) is 0 Å². The molecule has 0 bridgehead atoms. The lowest BCUT2D eigenvalue weighted by atomic mass is 9.88. The van der Waals surface area contributed by atoms with Crippen LogP contribution in [-0.4, -0.2) is 36.1 Å². The van der Waals surface area contributed by atoms with E-state index < -0.39 is 0 Å². The van der Waals surface area contributed by atoms with Crippen LogP contribution in [-0.2, 0) is 0 Å². The highest BCUT2D eigenvalue weighted by Gasteiger charge is 2.45. The number of hydrogen-bond donors (Lipinski definition) is 1. The number of hydrogen-bond acceptors (Lipinski definition) is 2. The Balaban J connectivity index is 1.95. The van der Waals surface area contributed by atoms with Crippen LogP contribution in [0.15, 0.2) is 0 Å². The predicted molar refractivity (Wildman–Crippen MR) is 92.7 cm³/mol. The van der Waals surface area contributed by atoms with Crippen LogP contribution < -0.4 is 5.32 Å². The fraction of sp³-hybridized carbons (Fsp3) is 1.00. The van der Waals surface area contributed by atoms with Gasteiger partial charge in [0.05, 0.1) is 0 Å². The van der Waals surface area contributed by atoms with Crippen molar-refractivity contribution in [1.82, 2.24) is 10.2 Å². The van der Waals surface area contributed by atoms with Crippen molar-refractivity contribution < 1.29 is 0 Å². The summed E-state index contributed by atoms with van der Waals surface area (Å²) in [6.07, 6.45) is 11.1. The second-order valence-corrected chi connectivity index (χ2v) is 7.86. The number of unbranched alkanes of at least 4 members (excludes halogenated alkanes) is 1. The summed E-state index contributed by atoms with van der Waals surface area (Å²) in [5.41, 5.74) is 0.396. The Morgan fingerprint density at radius 3 is 2.52 bits per heavy atom. The maximum atomic E-state index is 3.92. The highest BCUT2D eigenvalue weighted by molar-refractivity contribution is 5.04. The SMILES string of the molecule is CCCCC(CC)CN1CC(C)(C2CC2)NCC1CCC. The lowest BCUT2D eigenvalue weighted by molar-refractivity contribution is 0.0546. The molecule has 1 heterocycles. The molecule has 1 aliphatic carbocycles. The van der Waals surface area contributed by atoms with Gasteiger partial charge in [0, 0.05) is 31.2 Å². The number of nitrogens with zero attached hydrogens (tertiary/aromatic N) is 1. The average molecular weight is 295 g/mol. The van der Waals surface area contributed by atoms with Gasteiger partial charge in [0.15, 0.2) is 0 Å². The first kappa shape index (κ1) is 17.3. The Bertz CT molecular complexity index is 300. The van der Waals surface area contributed by atoms with E-state index in [9.17, 15) is 0 Å². The van der Waals surface area contributed by atoms with Crippen molar-refractivity contribution in [3.63, 3.8) is 0 Å². The maximum absolute atomic E-state index is 3.92. The molecule has 2 heteroatoms. The summed E-state index contributed by atoms with van der Waals surface area (Å²) in [6.45, 7) is 13.4. The fourth-order valence-electron chi connectivity index (χ4n) is 4.16. The first-order valence-corrected chi connectivity index (χ1v) is 9.62. The van der Waals surface area contributed by atoms with Crippen molar-refractivity contribution >= 4 is 0 Å². The van der Waals surface area contributed by atoms with Gasteiger partial charge in [-0.25, -0.2) is 0 Å². The third-order valence-electron chi connectivity index (χ3n) is 5.93. The molecule has 0 aromatic carbocycles. The van der Waals surface area contributed by atoms with Gasteiger partial charge in [-0.15, -0.1) is 0 Å². The molecule has 0 aromatic heterocycles. The Labute approximate surface area is 133 Å². The molecule has 124 valence electrons. The third-order valence-corrected chi connectivity index (χ3v) is 5.93. The van der Waals surface area contributed by atoms with E-state index in [2.05, 4.69) is 37.9 Å². The van der Waals surface area contributed by atoms with E-state index in [0.717, 1.165) is 17.9 Å². The normalized spacial score (nSPS) is 32.3. The molecule has 1 aliphatic heterocycles. The van der Waals surface area contributed by atoms with Gasteiger partial charge in [0.25, 0.3) is 0 Å². The van der Waals surface area contributed by atoms with Crippen molar-refractivity contribution in [2.75, 3.05) is 19.6 Å². The van der Waals surface area contributed by atoms with Crippen LogP contribution in [0.4, 0.5) is 0 Å². The highest BCUT2D eigenvalue weighted by atomic mass is 15.3. The van der Waals surface area contributed by atoms with E-state index >= 15 is 0 Å². The van der Waals surface area contributed by atoms with Crippen molar-refractivity contribution in [3.05, 3.63) is 0 Å². The van der Waals surface area contributed by atoms with E-state index in [1.807, 2.05) is 0 Å². The van der Waals surface area contributed by atoms with E-state index in [-0.39, 0.29) is 0 Å². The molecular formula is C19H38N2. The van der Waals surface area contributed by atoms with Crippen molar-refractivity contribution in [2.45, 2.75) is 90.6 Å². The summed E-state index contributed by atoms with van der Waals surface area (Å²) in [4.78, 5) is 2.86. The molecule has 1 saturated carbocycles.